The van der Waals surface area contributed by atoms with Crippen LogP contribution in [0.15, 0.2) is 35.7 Å². The lowest BCUT2D eigenvalue weighted by Crippen LogP contribution is -2.40. The van der Waals surface area contributed by atoms with E-state index in [4.69, 9.17) is 9.47 Å². The van der Waals surface area contributed by atoms with Gasteiger partial charge < -0.3 is 24.6 Å². The van der Waals surface area contributed by atoms with Gasteiger partial charge in [-0.15, -0.1) is 11.3 Å². The Morgan fingerprint density at radius 1 is 1.29 bits per heavy atom. The largest absolute Gasteiger partial charge is 0.383 e. The Labute approximate surface area is 168 Å². The molecule has 3 amide bonds. The first-order valence-corrected chi connectivity index (χ1v) is 9.96. The molecule has 8 nitrogen and oxygen atoms in total. The van der Waals surface area contributed by atoms with E-state index in [1.54, 1.807) is 22.3 Å². The fourth-order valence-corrected chi connectivity index (χ4v) is 3.53. The lowest BCUT2D eigenvalue weighted by Gasteiger charge is -2.26. The van der Waals surface area contributed by atoms with Crippen LogP contribution in [0.2, 0.25) is 0 Å². The Morgan fingerprint density at radius 3 is 2.75 bits per heavy atom. The highest BCUT2D eigenvalue weighted by atomic mass is 32.1. The highest BCUT2D eigenvalue weighted by molar-refractivity contribution is 7.09. The fraction of sp³-hybridized carbons (Fsp3) is 0.421. The SMILES string of the molecule is COCCN(Cc1nc(C(=O)N2CCOCC2)cs1)C(=O)Nc1ccccc1. The summed E-state index contributed by atoms with van der Waals surface area (Å²) in [6.07, 6.45) is 0. The van der Waals surface area contributed by atoms with Gasteiger partial charge >= 0.3 is 6.03 Å². The molecule has 1 N–H and O–H groups in total. The number of benzene rings is 1. The number of amides is 3. The average molecular weight is 404 g/mol. The molecule has 0 atom stereocenters. The third-order valence-corrected chi connectivity index (χ3v) is 5.11. The normalized spacial score (nSPS) is 14.0. The van der Waals surface area contributed by atoms with Crippen molar-refractivity contribution >= 4 is 29.0 Å². The van der Waals surface area contributed by atoms with Crippen LogP contribution in [0.25, 0.3) is 0 Å². The first-order chi connectivity index (χ1) is 13.7. The fourth-order valence-electron chi connectivity index (χ4n) is 2.75. The van der Waals surface area contributed by atoms with Crippen LogP contribution < -0.4 is 5.32 Å². The number of ether oxygens (including phenoxy) is 2. The second-order valence-electron chi connectivity index (χ2n) is 6.24. The zero-order chi connectivity index (χ0) is 19.8. The lowest BCUT2D eigenvalue weighted by molar-refractivity contribution is 0.0299. The third kappa shape index (κ3) is 5.51. The highest BCUT2D eigenvalue weighted by Crippen LogP contribution is 2.16. The topological polar surface area (TPSA) is 84.0 Å². The summed E-state index contributed by atoms with van der Waals surface area (Å²) in [5.41, 5.74) is 1.13. The molecule has 0 unspecified atom stereocenters. The van der Waals surface area contributed by atoms with Crippen LogP contribution in [-0.4, -0.2) is 73.3 Å². The van der Waals surface area contributed by atoms with E-state index in [1.165, 1.54) is 11.3 Å². The highest BCUT2D eigenvalue weighted by Gasteiger charge is 2.22. The second-order valence-corrected chi connectivity index (χ2v) is 7.18. The van der Waals surface area contributed by atoms with Crippen molar-refractivity contribution in [3.8, 4) is 0 Å². The van der Waals surface area contributed by atoms with Crippen LogP contribution in [0.1, 0.15) is 15.5 Å². The van der Waals surface area contributed by atoms with E-state index in [1.807, 2.05) is 30.3 Å². The smallest absolute Gasteiger partial charge is 0.322 e. The first-order valence-electron chi connectivity index (χ1n) is 9.08. The van der Waals surface area contributed by atoms with E-state index in [0.717, 1.165) is 5.69 Å². The zero-order valence-electron chi connectivity index (χ0n) is 15.8. The Morgan fingerprint density at radius 2 is 2.04 bits per heavy atom. The molecule has 2 aromatic rings. The maximum absolute atomic E-state index is 12.7. The molecule has 9 heteroatoms. The van der Waals surface area contributed by atoms with Gasteiger partial charge in [-0.1, -0.05) is 18.2 Å². The number of anilines is 1. The molecule has 0 aliphatic carbocycles. The van der Waals surface area contributed by atoms with Crippen LogP contribution in [0.3, 0.4) is 0 Å². The quantitative estimate of drug-likeness (QED) is 0.766. The summed E-state index contributed by atoms with van der Waals surface area (Å²) in [6, 6.07) is 9.03. The lowest BCUT2D eigenvalue weighted by atomic mass is 10.3. The summed E-state index contributed by atoms with van der Waals surface area (Å²) >= 11 is 1.38. The summed E-state index contributed by atoms with van der Waals surface area (Å²) in [5, 5.41) is 5.32. The molecule has 150 valence electrons. The predicted molar refractivity (Wildman–Crippen MR) is 107 cm³/mol. The number of nitrogens with one attached hydrogen (secondary N) is 1. The number of carbonyl (C=O) groups excluding carboxylic acids is 2. The minimum atomic E-state index is -0.237. The Bertz CT molecular complexity index is 777. The van der Waals surface area contributed by atoms with E-state index >= 15 is 0 Å². The Balaban J connectivity index is 1.64. The van der Waals surface area contributed by atoms with Crippen LogP contribution in [0, 0.1) is 0 Å². The van der Waals surface area contributed by atoms with Crippen molar-refractivity contribution in [2.75, 3.05) is 51.9 Å². The molecule has 3 rings (SSSR count). The molecular weight excluding hydrogens is 380 g/mol. The molecule has 0 radical (unpaired) electrons. The molecule has 1 aromatic carbocycles. The van der Waals surface area contributed by atoms with Gasteiger partial charge in [0.2, 0.25) is 0 Å². The van der Waals surface area contributed by atoms with E-state index < -0.39 is 0 Å². The third-order valence-electron chi connectivity index (χ3n) is 4.27. The maximum Gasteiger partial charge on any atom is 0.322 e. The Kier molecular flexibility index (Phi) is 7.35. The minimum absolute atomic E-state index is 0.0945. The first kappa shape index (κ1) is 20.2. The van der Waals surface area contributed by atoms with Gasteiger partial charge in [0.15, 0.2) is 0 Å². The van der Waals surface area contributed by atoms with Gasteiger partial charge in [0, 0.05) is 37.8 Å². The number of morpholine rings is 1. The molecule has 0 spiro atoms. The number of hydrogen-bond acceptors (Lipinski definition) is 6. The van der Waals surface area contributed by atoms with Gasteiger partial charge in [-0.2, -0.15) is 0 Å². The van der Waals surface area contributed by atoms with Crippen molar-refractivity contribution in [1.29, 1.82) is 0 Å². The minimum Gasteiger partial charge on any atom is -0.383 e. The van der Waals surface area contributed by atoms with E-state index in [0.29, 0.717) is 56.7 Å². The second kappa shape index (κ2) is 10.2. The van der Waals surface area contributed by atoms with Crippen LogP contribution >= 0.6 is 11.3 Å². The van der Waals surface area contributed by atoms with Crippen molar-refractivity contribution in [3.63, 3.8) is 0 Å². The van der Waals surface area contributed by atoms with Crippen molar-refractivity contribution in [2.45, 2.75) is 6.54 Å². The van der Waals surface area contributed by atoms with Gasteiger partial charge in [-0.05, 0) is 12.1 Å². The standard InChI is InChI=1S/C19H24N4O4S/c1-26-10-7-23(19(25)20-15-5-3-2-4-6-15)13-17-21-16(14-28-17)18(24)22-8-11-27-12-9-22/h2-6,14H,7-13H2,1H3,(H,20,25). The average Bonchev–Trinajstić information content (AvgIpc) is 3.20. The van der Waals surface area contributed by atoms with Gasteiger partial charge in [-0.25, -0.2) is 9.78 Å². The molecule has 1 fully saturated rings. The van der Waals surface area contributed by atoms with Gasteiger partial charge in [0.05, 0.1) is 26.4 Å². The summed E-state index contributed by atoms with van der Waals surface area (Å²) in [6.45, 7) is 3.38. The van der Waals surface area contributed by atoms with Crippen LogP contribution in [0.5, 0.6) is 0 Å². The molecule has 0 bridgehead atoms. The number of carbonyl (C=O) groups is 2. The number of para-hydroxylation sites is 1. The maximum atomic E-state index is 12.7. The predicted octanol–water partition coefficient (Wildman–Crippen LogP) is 2.30. The van der Waals surface area contributed by atoms with E-state index in [-0.39, 0.29) is 11.9 Å². The monoisotopic (exact) mass is 404 g/mol. The molecule has 1 saturated heterocycles. The van der Waals surface area contributed by atoms with Crippen molar-refractivity contribution < 1.29 is 19.1 Å². The van der Waals surface area contributed by atoms with Crippen LogP contribution in [0.4, 0.5) is 10.5 Å². The number of nitrogens with zero attached hydrogens (tertiary/aromatic N) is 3. The number of aromatic nitrogens is 1. The molecule has 1 aliphatic heterocycles. The Hall–Kier alpha value is -2.49. The van der Waals surface area contributed by atoms with Crippen molar-refractivity contribution in [2.24, 2.45) is 0 Å². The van der Waals surface area contributed by atoms with E-state index in [2.05, 4.69) is 10.3 Å². The summed E-state index contributed by atoms with van der Waals surface area (Å²) in [4.78, 5) is 33.0. The van der Waals surface area contributed by atoms with Gasteiger partial charge in [0.25, 0.3) is 5.91 Å². The number of thiazole rings is 1. The molecule has 1 aliphatic rings. The number of rotatable bonds is 7. The van der Waals surface area contributed by atoms with Crippen LogP contribution in [-0.2, 0) is 16.0 Å². The number of methoxy groups -OCH3 is 1. The molecule has 28 heavy (non-hydrogen) atoms. The summed E-state index contributed by atoms with van der Waals surface area (Å²) in [7, 11) is 1.59. The zero-order valence-corrected chi connectivity index (χ0v) is 16.6. The van der Waals surface area contributed by atoms with Crippen molar-refractivity contribution in [1.82, 2.24) is 14.8 Å². The van der Waals surface area contributed by atoms with Gasteiger partial charge in [0.1, 0.15) is 10.7 Å². The molecule has 1 aromatic heterocycles. The molecular formula is C19H24N4O4S. The molecule has 2 heterocycles. The number of hydrogen-bond donors (Lipinski definition) is 1. The van der Waals surface area contributed by atoms with E-state index in [9.17, 15) is 9.59 Å². The van der Waals surface area contributed by atoms with Crippen molar-refractivity contribution in [3.05, 3.63) is 46.4 Å². The summed E-state index contributed by atoms with van der Waals surface area (Å²) < 4.78 is 10.4. The van der Waals surface area contributed by atoms with Gasteiger partial charge in [-0.3, -0.25) is 4.79 Å². The number of urea groups is 1. The summed E-state index contributed by atoms with van der Waals surface area (Å²) in [5.74, 6) is -0.0945. The molecule has 0 saturated carbocycles.